The Morgan fingerprint density at radius 1 is 1.26 bits per heavy atom. The predicted molar refractivity (Wildman–Crippen MR) is 78.9 cm³/mol. The molecule has 4 N–H and O–H groups in total. The zero-order valence-electron chi connectivity index (χ0n) is 12.0. The van der Waals surface area contributed by atoms with Crippen LogP contribution >= 0.6 is 0 Å². The molecule has 1 fully saturated rings. The summed E-state index contributed by atoms with van der Waals surface area (Å²) >= 11 is 0. The van der Waals surface area contributed by atoms with Crippen molar-refractivity contribution in [2.24, 2.45) is 11.3 Å². The van der Waals surface area contributed by atoms with Crippen LogP contribution in [0.5, 0.6) is 0 Å². The number of hydrogen-bond acceptors (Lipinski definition) is 5. The van der Waals surface area contributed by atoms with Crippen LogP contribution in [0.1, 0.15) is 51.8 Å². The largest absolute Gasteiger partial charge is 0.369 e. The molecule has 106 valence electrons. The van der Waals surface area contributed by atoms with Crippen molar-refractivity contribution in [1.29, 1.82) is 0 Å². The molecule has 5 nitrogen and oxygen atoms in total. The van der Waals surface area contributed by atoms with Crippen LogP contribution in [0.3, 0.4) is 0 Å². The molecule has 0 atom stereocenters. The third-order valence-electron chi connectivity index (χ3n) is 4.20. The second-order valence-electron chi connectivity index (χ2n) is 5.51. The Morgan fingerprint density at radius 3 is 2.53 bits per heavy atom. The van der Waals surface area contributed by atoms with E-state index in [-0.39, 0.29) is 0 Å². The summed E-state index contributed by atoms with van der Waals surface area (Å²) in [4.78, 5) is 8.90. The lowest BCUT2D eigenvalue weighted by atomic mass is 9.67. The molecular formula is C14H25N5. The summed E-state index contributed by atoms with van der Waals surface area (Å²) in [5, 5.41) is 3.47. The third kappa shape index (κ3) is 3.35. The van der Waals surface area contributed by atoms with Crippen molar-refractivity contribution in [3.05, 3.63) is 11.9 Å². The van der Waals surface area contributed by atoms with Gasteiger partial charge in [-0.25, -0.2) is 15.8 Å². The minimum Gasteiger partial charge on any atom is -0.369 e. The highest BCUT2D eigenvalue weighted by Gasteiger charge is 2.34. The van der Waals surface area contributed by atoms with E-state index in [1.54, 1.807) is 0 Å². The van der Waals surface area contributed by atoms with E-state index in [1.807, 2.05) is 6.07 Å². The lowest BCUT2D eigenvalue weighted by molar-refractivity contribution is 0.145. The van der Waals surface area contributed by atoms with Gasteiger partial charge in [0.2, 0.25) is 0 Å². The molecule has 0 amide bonds. The molecule has 0 bridgehead atoms. The Balaban J connectivity index is 2.04. The maximum absolute atomic E-state index is 5.46. The van der Waals surface area contributed by atoms with Crippen LogP contribution in [-0.4, -0.2) is 16.5 Å². The third-order valence-corrected chi connectivity index (χ3v) is 4.20. The summed E-state index contributed by atoms with van der Waals surface area (Å²) in [6.07, 6.45) is 7.15. The minimum absolute atomic E-state index is 0.478. The Kier molecular flexibility index (Phi) is 4.58. The number of nitrogens with one attached hydrogen (secondary N) is 2. The lowest BCUT2D eigenvalue weighted by Gasteiger charge is -2.41. The van der Waals surface area contributed by atoms with Gasteiger partial charge in [0.25, 0.3) is 0 Å². The van der Waals surface area contributed by atoms with Gasteiger partial charge in [-0.05, 0) is 31.1 Å². The van der Waals surface area contributed by atoms with Gasteiger partial charge < -0.3 is 10.7 Å². The number of hydrogen-bond donors (Lipinski definition) is 3. The number of anilines is 2. The van der Waals surface area contributed by atoms with E-state index >= 15 is 0 Å². The quantitative estimate of drug-likeness (QED) is 0.521. The van der Waals surface area contributed by atoms with Crippen LogP contribution in [0.25, 0.3) is 0 Å². The number of rotatable bonds is 7. The van der Waals surface area contributed by atoms with Gasteiger partial charge in [0, 0.05) is 19.0 Å². The summed E-state index contributed by atoms with van der Waals surface area (Å²) in [7, 11) is 0. The Hall–Kier alpha value is -1.36. The zero-order valence-corrected chi connectivity index (χ0v) is 12.0. The summed E-state index contributed by atoms with van der Waals surface area (Å²) in [5.41, 5.74) is 3.09. The summed E-state index contributed by atoms with van der Waals surface area (Å²) in [6, 6.07) is 1.88. The highest BCUT2D eigenvalue weighted by molar-refractivity contribution is 5.47. The Bertz CT molecular complexity index is 409. The molecule has 0 unspecified atom stereocenters. The first-order chi connectivity index (χ1) is 9.21. The standard InChI is InChI=1S/C14H25N5/c1-3-6-11-17-12(9-13(18-11)19-15)16-10-14(4-2)7-5-8-14/h9H,3-8,10,15H2,1-2H3,(H2,16,17,18,19). The number of aromatic nitrogens is 2. The molecule has 0 spiro atoms. The maximum Gasteiger partial charge on any atom is 0.145 e. The summed E-state index contributed by atoms with van der Waals surface area (Å²) in [5.74, 6) is 7.87. The van der Waals surface area contributed by atoms with Crippen molar-refractivity contribution in [1.82, 2.24) is 9.97 Å². The van der Waals surface area contributed by atoms with Crippen LogP contribution in [0.15, 0.2) is 6.07 Å². The molecule has 1 aliphatic carbocycles. The van der Waals surface area contributed by atoms with Gasteiger partial charge in [0.1, 0.15) is 17.5 Å². The molecule has 1 aromatic rings. The van der Waals surface area contributed by atoms with Gasteiger partial charge in [-0.1, -0.05) is 20.3 Å². The molecule has 0 saturated heterocycles. The van der Waals surface area contributed by atoms with E-state index in [4.69, 9.17) is 5.84 Å². The minimum atomic E-state index is 0.478. The smallest absolute Gasteiger partial charge is 0.145 e. The first-order valence-electron chi connectivity index (χ1n) is 7.30. The van der Waals surface area contributed by atoms with Gasteiger partial charge in [0.05, 0.1) is 0 Å². The van der Waals surface area contributed by atoms with Crippen molar-refractivity contribution in [2.45, 2.75) is 52.4 Å². The number of nitrogen functional groups attached to an aromatic ring is 1. The van der Waals surface area contributed by atoms with Gasteiger partial charge in [-0.15, -0.1) is 0 Å². The molecular weight excluding hydrogens is 238 g/mol. The topological polar surface area (TPSA) is 75.9 Å². The van der Waals surface area contributed by atoms with Crippen molar-refractivity contribution in [3.63, 3.8) is 0 Å². The van der Waals surface area contributed by atoms with Gasteiger partial charge >= 0.3 is 0 Å². The van der Waals surface area contributed by atoms with E-state index in [2.05, 4.69) is 34.6 Å². The van der Waals surface area contributed by atoms with Crippen LogP contribution in [0.2, 0.25) is 0 Å². The van der Waals surface area contributed by atoms with Crippen molar-refractivity contribution in [2.75, 3.05) is 17.3 Å². The normalized spacial score (nSPS) is 16.8. The van der Waals surface area contributed by atoms with E-state index < -0.39 is 0 Å². The average Bonchev–Trinajstić information content (AvgIpc) is 2.38. The number of hydrazine groups is 1. The predicted octanol–water partition coefficient (Wildman–Crippen LogP) is 2.71. The molecule has 1 aromatic heterocycles. The molecule has 1 saturated carbocycles. The average molecular weight is 263 g/mol. The molecule has 19 heavy (non-hydrogen) atoms. The Labute approximate surface area is 115 Å². The van der Waals surface area contributed by atoms with Gasteiger partial charge in [-0.3, -0.25) is 0 Å². The van der Waals surface area contributed by atoms with Crippen molar-refractivity contribution in [3.8, 4) is 0 Å². The van der Waals surface area contributed by atoms with Crippen molar-refractivity contribution < 1.29 is 0 Å². The number of aryl methyl sites for hydroxylation is 1. The molecule has 0 radical (unpaired) electrons. The van der Waals surface area contributed by atoms with Crippen molar-refractivity contribution >= 4 is 11.6 Å². The maximum atomic E-state index is 5.46. The van der Waals surface area contributed by atoms with E-state index in [9.17, 15) is 0 Å². The SMILES string of the molecule is CCCc1nc(NN)cc(NCC2(CC)CCC2)n1. The molecule has 0 aliphatic heterocycles. The molecule has 5 heteroatoms. The lowest BCUT2D eigenvalue weighted by Crippen LogP contribution is -2.36. The summed E-state index contributed by atoms with van der Waals surface area (Å²) in [6.45, 7) is 5.39. The highest BCUT2D eigenvalue weighted by atomic mass is 15.3. The van der Waals surface area contributed by atoms with E-state index in [0.717, 1.165) is 31.0 Å². The van der Waals surface area contributed by atoms with Crippen LogP contribution in [-0.2, 0) is 6.42 Å². The highest BCUT2D eigenvalue weighted by Crippen LogP contribution is 2.43. The van der Waals surface area contributed by atoms with Gasteiger partial charge in [-0.2, -0.15) is 0 Å². The molecule has 2 rings (SSSR count). The van der Waals surface area contributed by atoms with Gasteiger partial charge in [0.15, 0.2) is 0 Å². The Morgan fingerprint density at radius 2 is 2.00 bits per heavy atom. The molecule has 0 aromatic carbocycles. The monoisotopic (exact) mass is 263 g/mol. The zero-order chi connectivity index (χ0) is 13.7. The summed E-state index contributed by atoms with van der Waals surface area (Å²) < 4.78 is 0. The van der Waals surface area contributed by atoms with E-state index in [0.29, 0.717) is 11.2 Å². The van der Waals surface area contributed by atoms with Crippen LogP contribution in [0.4, 0.5) is 11.6 Å². The molecule has 1 heterocycles. The van der Waals surface area contributed by atoms with Crippen LogP contribution < -0.4 is 16.6 Å². The van der Waals surface area contributed by atoms with E-state index in [1.165, 1.54) is 25.7 Å². The number of nitrogens with zero attached hydrogens (tertiary/aromatic N) is 2. The second kappa shape index (κ2) is 6.19. The first-order valence-corrected chi connectivity index (χ1v) is 7.30. The fraction of sp³-hybridized carbons (Fsp3) is 0.714. The first kappa shape index (κ1) is 14.1. The number of nitrogens with two attached hydrogens (primary N) is 1. The van der Waals surface area contributed by atoms with Crippen LogP contribution in [0, 0.1) is 5.41 Å². The molecule has 1 aliphatic rings. The fourth-order valence-corrected chi connectivity index (χ4v) is 2.61. The second-order valence-corrected chi connectivity index (χ2v) is 5.51. The fourth-order valence-electron chi connectivity index (χ4n) is 2.61.